The van der Waals surface area contributed by atoms with Gasteiger partial charge in [-0.2, -0.15) is 0 Å². The molecular weight excluding hydrogens is 282 g/mol. The maximum atomic E-state index is 12.2. The largest absolute Gasteiger partial charge is 0.497 e. The monoisotopic (exact) mass is 307 g/mol. The molecule has 1 saturated heterocycles. The molecule has 0 aliphatic carbocycles. The molecule has 6 heteroatoms. The summed E-state index contributed by atoms with van der Waals surface area (Å²) in [5.74, 6) is 0.799. The highest BCUT2D eigenvalue weighted by Crippen LogP contribution is 2.22. The van der Waals surface area contributed by atoms with Gasteiger partial charge in [0, 0.05) is 13.1 Å². The maximum Gasteiger partial charge on any atom is 0.239 e. The Kier molecular flexibility index (Phi) is 6.18. The molecule has 1 aliphatic rings. The molecule has 2 atom stereocenters. The molecule has 1 amide bonds. The third kappa shape index (κ3) is 4.43. The lowest BCUT2D eigenvalue weighted by molar-refractivity contribution is -0.126. The Morgan fingerprint density at radius 1 is 1.55 bits per heavy atom. The molecule has 122 valence electrons. The standard InChI is InChI=1S/C16H25N3O3/c1-19(2)15(12-5-4-6-13(9-12)21-3)10-18-16(20)14-11-22-8-7-17-14/h4-6,9,14-15,17H,7-8,10-11H2,1-3H3,(H,18,20). The number of methoxy groups -OCH3 is 1. The smallest absolute Gasteiger partial charge is 0.239 e. The van der Waals surface area contributed by atoms with Gasteiger partial charge in [0.25, 0.3) is 0 Å². The first-order valence-corrected chi connectivity index (χ1v) is 7.51. The highest BCUT2D eigenvalue weighted by atomic mass is 16.5. The Morgan fingerprint density at radius 2 is 2.36 bits per heavy atom. The molecule has 0 saturated carbocycles. The van der Waals surface area contributed by atoms with Crippen molar-refractivity contribution in [2.24, 2.45) is 0 Å². The zero-order valence-corrected chi connectivity index (χ0v) is 13.5. The molecule has 0 spiro atoms. The summed E-state index contributed by atoms with van der Waals surface area (Å²) in [5.41, 5.74) is 1.11. The van der Waals surface area contributed by atoms with Gasteiger partial charge in [-0.05, 0) is 31.8 Å². The van der Waals surface area contributed by atoms with Crippen LogP contribution >= 0.6 is 0 Å². The number of hydrogen-bond donors (Lipinski definition) is 2. The minimum Gasteiger partial charge on any atom is -0.497 e. The van der Waals surface area contributed by atoms with E-state index in [9.17, 15) is 4.79 Å². The van der Waals surface area contributed by atoms with Crippen LogP contribution < -0.4 is 15.4 Å². The van der Waals surface area contributed by atoms with Gasteiger partial charge in [-0.15, -0.1) is 0 Å². The zero-order chi connectivity index (χ0) is 15.9. The van der Waals surface area contributed by atoms with E-state index in [1.807, 2.05) is 38.4 Å². The molecule has 2 unspecified atom stereocenters. The number of carbonyl (C=O) groups is 1. The van der Waals surface area contributed by atoms with Crippen LogP contribution in [0.3, 0.4) is 0 Å². The number of likely N-dealkylation sites (N-methyl/N-ethyl adjacent to an activating group) is 1. The van der Waals surface area contributed by atoms with Crippen molar-refractivity contribution in [3.63, 3.8) is 0 Å². The first-order valence-electron chi connectivity index (χ1n) is 7.51. The highest BCUT2D eigenvalue weighted by molar-refractivity contribution is 5.82. The van der Waals surface area contributed by atoms with Crippen LogP contribution in [0, 0.1) is 0 Å². The van der Waals surface area contributed by atoms with Crippen molar-refractivity contribution >= 4 is 5.91 Å². The van der Waals surface area contributed by atoms with Crippen LogP contribution in [-0.4, -0.2) is 64.4 Å². The minimum atomic E-state index is -0.262. The molecule has 2 rings (SSSR count). The average Bonchev–Trinajstić information content (AvgIpc) is 2.55. The summed E-state index contributed by atoms with van der Waals surface area (Å²) in [6.45, 7) is 2.34. The summed E-state index contributed by atoms with van der Waals surface area (Å²) in [6.07, 6.45) is 0. The van der Waals surface area contributed by atoms with E-state index in [1.54, 1.807) is 7.11 Å². The van der Waals surface area contributed by atoms with Crippen molar-refractivity contribution in [1.82, 2.24) is 15.5 Å². The van der Waals surface area contributed by atoms with E-state index in [4.69, 9.17) is 9.47 Å². The summed E-state index contributed by atoms with van der Waals surface area (Å²) < 4.78 is 10.6. The summed E-state index contributed by atoms with van der Waals surface area (Å²) in [7, 11) is 5.65. The molecule has 2 N–H and O–H groups in total. The fourth-order valence-corrected chi connectivity index (χ4v) is 2.50. The summed E-state index contributed by atoms with van der Waals surface area (Å²) in [6, 6.07) is 7.74. The molecule has 1 aromatic rings. The summed E-state index contributed by atoms with van der Waals surface area (Å²) in [4.78, 5) is 14.3. The number of nitrogens with one attached hydrogen (secondary N) is 2. The fourth-order valence-electron chi connectivity index (χ4n) is 2.50. The number of rotatable bonds is 6. The molecule has 1 fully saturated rings. The SMILES string of the molecule is COc1cccc(C(CNC(=O)C2COCCN2)N(C)C)c1. The molecule has 1 aliphatic heterocycles. The Hall–Kier alpha value is -1.63. The minimum absolute atomic E-state index is 0.0190. The van der Waals surface area contributed by atoms with E-state index in [2.05, 4.69) is 15.5 Å². The number of morpholine rings is 1. The zero-order valence-electron chi connectivity index (χ0n) is 13.5. The number of ether oxygens (including phenoxy) is 2. The number of amides is 1. The number of nitrogens with zero attached hydrogens (tertiary/aromatic N) is 1. The Balaban J connectivity index is 1.97. The normalized spacial score (nSPS) is 19.7. The summed E-state index contributed by atoms with van der Waals surface area (Å²) in [5, 5.41) is 6.17. The Bertz CT molecular complexity index is 487. The van der Waals surface area contributed by atoms with Crippen LogP contribution in [0.25, 0.3) is 0 Å². The van der Waals surface area contributed by atoms with Crippen molar-refractivity contribution in [1.29, 1.82) is 0 Å². The quantitative estimate of drug-likeness (QED) is 0.797. The Morgan fingerprint density at radius 3 is 3.00 bits per heavy atom. The van der Waals surface area contributed by atoms with E-state index >= 15 is 0 Å². The predicted molar refractivity (Wildman–Crippen MR) is 85.0 cm³/mol. The van der Waals surface area contributed by atoms with Gasteiger partial charge in [-0.1, -0.05) is 12.1 Å². The molecule has 0 bridgehead atoms. The molecule has 0 radical (unpaired) electrons. The second kappa shape index (κ2) is 8.12. The van der Waals surface area contributed by atoms with E-state index < -0.39 is 0 Å². The van der Waals surface area contributed by atoms with Gasteiger partial charge in [-0.3, -0.25) is 4.79 Å². The van der Waals surface area contributed by atoms with E-state index in [1.165, 1.54) is 0 Å². The molecule has 0 aromatic heterocycles. The van der Waals surface area contributed by atoms with Crippen molar-refractivity contribution in [3.05, 3.63) is 29.8 Å². The van der Waals surface area contributed by atoms with Crippen LogP contribution in [0.1, 0.15) is 11.6 Å². The fraction of sp³-hybridized carbons (Fsp3) is 0.562. The van der Waals surface area contributed by atoms with Gasteiger partial charge >= 0.3 is 0 Å². The van der Waals surface area contributed by atoms with Crippen molar-refractivity contribution in [3.8, 4) is 5.75 Å². The number of carbonyl (C=O) groups excluding carboxylic acids is 1. The third-order valence-corrected chi connectivity index (χ3v) is 3.81. The summed E-state index contributed by atoms with van der Waals surface area (Å²) >= 11 is 0. The van der Waals surface area contributed by atoms with E-state index in [0.717, 1.165) is 11.3 Å². The van der Waals surface area contributed by atoms with Gasteiger partial charge in [0.05, 0.1) is 26.4 Å². The van der Waals surface area contributed by atoms with Crippen LogP contribution in [0.5, 0.6) is 5.75 Å². The second-order valence-corrected chi connectivity index (χ2v) is 5.58. The second-order valence-electron chi connectivity index (χ2n) is 5.58. The molecule has 22 heavy (non-hydrogen) atoms. The average molecular weight is 307 g/mol. The van der Waals surface area contributed by atoms with Crippen LogP contribution in [0.15, 0.2) is 24.3 Å². The van der Waals surface area contributed by atoms with Crippen LogP contribution in [0.4, 0.5) is 0 Å². The van der Waals surface area contributed by atoms with Gasteiger partial charge < -0.3 is 25.0 Å². The maximum absolute atomic E-state index is 12.2. The van der Waals surface area contributed by atoms with Crippen molar-refractivity contribution in [2.75, 3.05) is 47.5 Å². The first kappa shape index (κ1) is 16.7. The van der Waals surface area contributed by atoms with Crippen molar-refractivity contribution < 1.29 is 14.3 Å². The van der Waals surface area contributed by atoms with Crippen molar-refractivity contribution in [2.45, 2.75) is 12.1 Å². The number of hydrogen-bond acceptors (Lipinski definition) is 5. The Labute approximate surface area is 131 Å². The van der Waals surface area contributed by atoms with E-state index in [-0.39, 0.29) is 18.0 Å². The first-order chi connectivity index (χ1) is 10.6. The van der Waals surface area contributed by atoms with E-state index in [0.29, 0.717) is 26.3 Å². The number of benzene rings is 1. The highest BCUT2D eigenvalue weighted by Gasteiger charge is 2.23. The molecule has 1 aromatic carbocycles. The lowest BCUT2D eigenvalue weighted by Crippen LogP contribution is -2.52. The van der Waals surface area contributed by atoms with Gasteiger partial charge in [0.15, 0.2) is 0 Å². The third-order valence-electron chi connectivity index (χ3n) is 3.81. The topological polar surface area (TPSA) is 62.8 Å². The molecule has 6 nitrogen and oxygen atoms in total. The molecule has 1 heterocycles. The lowest BCUT2D eigenvalue weighted by Gasteiger charge is -2.27. The molecular formula is C16H25N3O3. The van der Waals surface area contributed by atoms with Gasteiger partial charge in [0.2, 0.25) is 5.91 Å². The predicted octanol–water partition coefficient (Wildman–Crippen LogP) is 0.403. The van der Waals surface area contributed by atoms with Crippen LogP contribution in [-0.2, 0) is 9.53 Å². The van der Waals surface area contributed by atoms with Gasteiger partial charge in [-0.25, -0.2) is 0 Å². The van der Waals surface area contributed by atoms with Crippen LogP contribution in [0.2, 0.25) is 0 Å². The van der Waals surface area contributed by atoms with Gasteiger partial charge in [0.1, 0.15) is 11.8 Å². The lowest BCUT2D eigenvalue weighted by atomic mass is 10.1.